The van der Waals surface area contributed by atoms with Crippen LogP contribution in [-0.4, -0.2) is 21.5 Å². The number of rotatable bonds is 1. The molecule has 0 radical (unpaired) electrons. The molecule has 0 bridgehead atoms. The van der Waals surface area contributed by atoms with Gasteiger partial charge in [-0.15, -0.1) is 0 Å². The van der Waals surface area contributed by atoms with E-state index in [2.05, 4.69) is 9.72 Å². The Morgan fingerprint density at radius 2 is 2.38 bits per heavy atom. The molecular formula is C8H8N2O3. The average Bonchev–Trinajstić information content (AvgIpc) is 2.58. The van der Waals surface area contributed by atoms with Crippen LogP contribution in [0.1, 0.15) is 18.0 Å². The van der Waals surface area contributed by atoms with Crippen molar-refractivity contribution in [1.82, 2.24) is 9.55 Å². The molecule has 5 nitrogen and oxygen atoms in total. The van der Waals surface area contributed by atoms with E-state index in [4.69, 9.17) is 0 Å². The summed E-state index contributed by atoms with van der Waals surface area (Å²) in [6, 6.07) is 0. The number of aryl methyl sites for hydroxylation is 1. The molecule has 1 fully saturated rings. The molecule has 1 saturated heterocycles. The maximum atomic E-state index is 11.2. The maximum absolute atomic E-state index is 11.2. The number of aromatic nitrogens is 2. The highest BCUT2D eigenvalue weighted by Gasteiger charge is 2.36. The topological polar surface area (TPSA) is 61.2 Å². The Morgan fingerprint density at radius 3 is 2.85 bits per heavy atom. The smallest absolute Gasteiger partial charge is 0.323 e. The van der Waals surface area contributed by atoms with Gasteiger partial charge in [-0.3, -0.25) is 9.59 Å². The molecule has 0 N–H and O–H groups in total. The first-order valence-electron chi connectivity index (χ1n) is 3.89. The predicted molar refractivity (Wildman–Crippen MR) is 41.7 cm³/mol. The first kappa shape index (κ1) is 7.97. The molecule has 2 heterocycles. The minimum absolute atomic E-state index is 0.123. The van der Waals surface area contributed by atoms with Crippen molar-refractivity contribution < 1.29 is 14.3 Å². The molecule has 1 aliphatic heterocycles. The Balaban J connectivity index is 2.32. The summed E-state index contributed by atoms with van der Waals surface area (Å²) in [4.78, 5) is 25.8. The lowest BCUT2D eigenvalue weighted by Gasteiger charge is -2.03. The van der Waals surface area contributed by atoms with Crippen molar-refractivity contribution in [1.29, 1.82) is 0 Å². The van der Waals surface area contributed by atoms with E-state index in [0.717, 1.165) is 5.69 Å². The Bertz CT molecular complexity index is 369. The van der Waals surface area contributed by atoms with Gasteiger partial charge in [0.25, 0.3) is 0 Å². The summed E-state index contributed by atoms with van der Waals surface area (Å²) in [6.45, 7) is 0. The van der Waals surface area contributed by atoms with Crippen molar-refractivity contribution in [2.75, 3.05) is 0 Å². The molecule has 1 atom stereocenters. The predicted octanol–water partition coefficient (Wildman–Crippen LogP) is -0.0228. The monoisotopic (exact) mass is 180 g/mol. The molecule has 2 rings (SSSR count). The van der Waals surface area contributed by atoms with Gasteiger partial charge in [0.05, 0.1) is 18.4 Å². The Labute approximate surface area is 74.3 Å². The second-order valence-electron chi connectivity index (χ2n) is 2.98. The molecule has 1 aromatic rings. The number of hydrogen-bond acceptors (Lipinski definition) is 4. The lowest BCUT2D eigenvalue weighted by atomic mass is 10.1. The Hall–Kier alpha value is -1.65. The third-order valence-electron chi connectivity index (χ3n) is 2.08. The van der Waals surface area contributed by atoms with Crippen LogP contribution < -0.4 is 0 Å². The van der Waals surface area contributed by atoms with Crippen molar-refractivity contribution in [3.8, 4) is 0 Å². The van der Waals surface area contributed by atoms with Gasteiger partial charge in [-0.2, -0.15) is 0 Å². The number of cyclic esters (lactones) is 2. The SMILES string of the molecule is Cn1cncc1C1CC(=O)OC1=O. The summed E-state index contributed by atoms with van der Waals surface area (Å²) in [6.07, 6.45) is 3.29. The van der Waals surface area contributed by atoms with Crippen LogP contribution in [0.4, 0.5) is 0 Å². The standard InChI is InChI=1S/C8H8N2O3/c1-10-4-9-3-6(10)5-2-7(11)13-8(5)12/h3-5H,2H2,1H3. The van der Waals surface area contributed by atoms with Gasteiger partial charge < -0.3 is 9.30 Å². The van der Waals surface area contributed by atoms with Gasteiger partial charge in [-0.25, -0.2) is 4.98 Å². The number of hydrogen-bond donors (Lipinski definition) is 0. The number of esters is 2. The fraction of sp³-hybridized carbons (Fsp3) is 0.375. The van der Waals surface area contributed by atoms with E-state index in [-0.39, 0.29) is 6.42 Å². The number of carbonyl (C=O) groups is 2. The highest BCUT2D eigenvalue weighted by atomic mass is 16.6. The zero-order valence-corrected chi connectivity index (χ0v) is 7.06. The first-order chi connectivity index (χ1) is 6.18. The average molecular weight is 180 g/mol. The van der Waals surface area contributed by atoms with E-state index < -0.39 is 17.9 Å². The van der Waals surface area contributed by atoms with E-state index in [0.29, 0.717) is 0 Å². The molecule has 68 valence electrons. The van der Waals surface area contributed by atoms with E-state index in [1.165, 1.54) is 0 Å². The maximum Gasteiger partial charge on any atom is 0.323 e. The Kier molecular flexibility index (Phi) is 1.65. The fourth-order valence-corrected chi connectivity index (χ4v) is 1.40. The molecule has 5 heteroatoms. The van der Waals surface area contributed by atoms with Crippen LogP contribution >= 0.6 is 0 Å². The van der Waals surface area contributed by atoms with E-state index in [1.807, 2.05) is 0 Å². The van der Waals surface area contributed by atoms with Gasteiger partial charge >= 0.3 is 11.9 Å². The van der Waals surface area contributed by atoms with Gasteiger partial charge in [-0.1, -0.05) is 0 Å². The molecule has 0 spiro atoms. The second-order valence-corrected chi connectivity index (χ2v) is 2.98. The van der Waals surface area contributed by atoms with Crippen LogP contribution in [0, 0.1) is 0 Å². The van der Waals surface area contributed by atoms with Gasteiger partial charge in [0.2, 0.25) is 0 Å². The largest absolute Gasteiger partial charge is 0.393 e. The minimum Gasteiger partial charge on any atom is -0.393 e. The number of imidazole rings is 1. The van der Waals surface area contributed by atoms with Gasteiger partial charge in [0, 0.05) is 13.2 Å². The number of carbonyl (C=O) groups excluding carboxylic acids is 2. The third kappa shape index (κ3) is 1.22. The van der Waals surface area contributed by atoms with Crippen molar-refractivity contribution in [3.63, 3.8) is 0 Å². The van der Waals surface area contributed by atoms with Crippen LogP contribution in [-0.2, 0) is 21.4 Å². The van der Waals surface area contributed by atoms with Crippen LogP contribution in [0.2, 0.25) is 0 Å². The summed E-state index contributed by atoms with van der Waals surface area (Å²) in [7, 11) is 1.78. The lowest BCUT2D eigenvalue weighted by Crippen LogP contribution is -2.09. The minimum atomic E-state index is -0.478. The molecule has 1 aliphatic rings. The third-order valence-corrected chi connectivity index (χ3v) is 2.08. The normalized spacial score (nSPS) is 22.1. The summed E-state index contributed by atoms with van der Waals surface area (Å²) in [5.74, 6) is -1.41. The summed E-state index contributed by atoms with van der Waals surface area (Å²) in [5, 5.41) is 0. The van der Waals surface area contributed by atoms with Crippen molar-refractivity contribution in [2.45, 2.75) is 12.3 Å². The molecular weight excluding hydrogens is 172 g/mol. The molecule has 0 aliphatic carbocycles. The molecule has 0 saturated carbocycles. The molecule has 13 heavy (non-hydrogen) atoms. The van der Waals surface area contributed by atoms with Crippen molar-refractivity contribution in [2.24, 2.45) is 7.05 Å². The molecule has 0 aromatic carbocycles. The molecule has 1 unspecified atom stereocenters. The highest BCUT2D eigenvalue weighted by Crippen LogP contribution is 2.26. The Morgan fingerprint density at radius 1 is 1.62 bits per heavy atom. The quantitative estimate of drug-likeness (QED) is 0.450. The van der Waals surface area contributed by atoms with E-state index >= 15 is 0 Å². The lowest BCUT2D eigenvalue weighted by molar-refractivity contribution is -0.152. The van der Waals surface area contributed by atoms with Crippen LogP contribution in [0.3, 0.4) is 0 Å². The summed E-state index contributed by atoms with van der Waals surface area (Å²) >= 11 is 0. The van der Waals surface area contributed by atoms with Crippen molar-refractivity contribution >= 4 is 11.9 Å². The van der Waals surface area contributed by atoms with Crippen LogP contribution in [0.5, 0.6) is 0 Å². The second kappa shape index (κ2) is 2.69. The summed E-state index contributed by atoms with van der Waals surface area (Å²) in [5.41, 5.74) is 0.718. The highest BCUT2D eigenvalue weighted by molar-refractivity contribution is 5.97. The van der Waals surface area contributed by atoms with Gasteiger partial charge in [-0.05, 0) is 0 Å². The van der Waals surface area contributed by atoms with Gasteiger partial charge in [0.1, 0.15) is 5.92 Å². The zero-order valence-electron chi connectivity index (χ0n) is 7.06. The number of nitrogens with zero attached hydrogens (tertiary/aromatic N) is 2. The molecule has 0 amide bonds. The fourth-order valence-electron chi connectivity index (χ4n) is 1.40. The van der Waals surface area contributed by atoms with Crippen molar-refractivity contribution in [3.05, 3.63) is 18.2 Å². The van der Waals surface area contributed by atoms with Crippen LogP contribution in [0.15, 0.2) is 12.5 Å². The summed E-state index contributed by atoms with van der Waals surface area (Å²) < 4.78 is 6.15. The van der Waals surface area contributed by atoms with E-state index in [1.54, 1.807) is 24.1 Å². The number of ether oxygens (including phenoxy) is 1. The van der Waals surface area contributed by atoms with Crippen LogP contribution in [0.25, 0.3) is 0 Å². The zero-order chi connectivity index (χ0) is 9.42. The van der Waals surface area contributed by atoms with E-state index in [9.17, 15) is 9.59 Å². The van der Waals surface area contributed by atoms with Gasteiger partial charge in [0.15, 0.2) is 0 Å². The molecule has 1 aromatic heterocycles. The first-order valence-corrected chi connectivity index (χ1v) is 3.89.